The lowest BCUT2D eigenvalue weighted by Gasteiger charge is -2.39. The third kappa shape index (κ3) is 4.37. The number of nitrogen functional groups attached to an aromatic ring is 1. The van der Waals surface area contributed by atoms with Gasteiger partial charge in [0.15, 0.2) is 0 Å². The van der Waals surface area contributed by atoms with E-state index in [1.807, 2.05) is 0 Å². The molecule has 2 rings (SSSR count). The highest BCUT2D eigenvalue weighted by molar-refractivity contribution is 5.95. The van der Waals surface area contributed by atoms with Crippen LogP contribution in [-0.4, -0.2) is 29.7 Å². The molecule has 1 atom stereocenters. The largest absolute Gasteiger partial charge is 0.444 e. The van der Waals surface area contributed by atoms with Gasteiger partial charge in [-0.05, 0) is 52.3 Å². The fourth-order valence-electron chi connectivity index (χ4n) is 2.61. The van der Waals surface area contributed by atoms with Crippen molar-refractivity contribution in [3.63, 3.8) is 0 Å². The second kappa shape index (κ2) is 6.30. The number of halogens is 1. The van der Waals surface area contributed by atoms with Gasteiger partial charge in [0.25, 0.3) is 0 Å². The predicted molar refractivity (Wildman–Crippen MR) is 90.2 cm³/mol. The maximum atomic E-state index is 13.6. The summed E-state index contributed by atoms with van der Waals surface area (Å²) in [6, 6.07) is 4.29. The molecule has 0 spiro atoms. The number of amides is 2. The highest BCUT2D eigenvalue weighted by atomic mass is 19.1. The average molecular weight is 337 g/mol. The Labute approximate surface area is 141 Å². The van der Waals surface area contributed by atoms with Crippen molar-refractivity contribution >= 4 is 23.4 Å². The Morgan fingerprint density at radius 3 is 2.62 bits per heavy atom. The number of nitrogens with zero attached hydrogens (tertiary/aromatic N) is 1. The number of carbonyl (C=O) groups is 2. The van der Waals surface area contributed by atoms with E-state index in [4.69, 9.17) is 10.5 Å². The summed E-state index contributed by atoms with van der Waals surface area (Å²) in [5, 5.41) is 2.77. The zero-order valence-corrected chi connectivity index (χ0v) is 14.5. The van der Waals surface area contributed by atoms with Crippen molar-refractivity contribution in [2.24, 2.45) is 0 Å². The van der Waals surface area contributed by atoms with Gasteiger partial charge < -0.3 is 20.7 Å². The molecule has 3 N–H and O–H groups in total. The lowest BCUT2D eigenvalue weighted by atomic mass is 9.89. The van der Waals surface area contributed by atoms with Crippen LogP contribution in [0, 0.1) is 5.82 Å². The third-order valence-electron chi connectivity index (χ3n) is 3.83. The van der Waals surface area contributed by atoms with Crippen LogP contribution in [0.1, 0.15) is 40.5 Å². The minimum absolute atomic E-state index is 0.0413. The van der Waals surface area contributed by atoms with Gasteiger partial charge in [0.05, 0.1) is 17.6 Å². The molecule has 1 aliphatic heterocycles. The Kier molecular flexibility index (Phi) is 4.73. The second-order valence-corrected chi connectivity index (χ2v) is 7.37. The molecule has 132 valence electrons. The summed E-state index contributed by atoms with van der Waals surface area (Å²) >= 11 is 0. The molecule has 2 amide bonds. The molecular formula is C17H24FN3O3. The van der Waals surface area contributed by atoms with Crippen molar-refractivity contribution in [3.8, 4) is 0 Å². The summed E-state index contributed by atoms with van der Waals surface area (Å²) in [5.74, 6) is -0.746. The van der Waals surface area contributed by atoms with Gasteiger partial charge in [-0.15, -0.1) is 0 Å². The SMILES string of the molecule is CC1(NC(=O)OC(C)(C)C)CCN(c2ccc(N)c(F)c2)C(=O)C1. The molecule has 6 nitrogen and oxygen atoms in total. The van der Waals surface area contributed by atoms with Crippen LogP contribution in [0.3, 0.4) is 0 Å². The van der Waals surface area contributed by atoms with Crippen molar-refractivity contribution in [1.29, 1.82) is 0 Å². The number of nitrogens with two attached hydrogens (primary N) is 1. The fraction of sp³-hybridized carbons (Fsp3) is 0.529. The molecule has 0 bridgehead atoms. The number of piperidine rings is 1. The molecule has 0 aromatic heterocycles. The van der Waals surface area contributed by atoms with Crippen molar-refractivity contribution in [2.75, 3.05) is 17.2 Å². The van der Waals surface area contributed by atoms with Gasteiger partial charge in [0.2, 0.25) is 5.91 Å². The van der Waals surface area contributed by atoms with Crippen LogP contribution in [0.2, 0.25) is 0 Å². The van der Waals surface area contributed by atoms with E-state index in [2.05, 4.69) is 5.32 Å². The molecule has 0 radical (unpaired) electrons. The number of hydrogen-bond acceptors (Lipinski definition) is 4. The number of hydrogen-bond donors (Lipinski definition) is 2. The first-order valence-electron chi connectivity index (χ1n) is 7.86. The molecule has 0 saturated carbocycles. The number of carbonyl (C=O) groups excluding carboxylic acids is 2. The number of anilines is 2. The van der Waals surface area contributed by atoms with Gasteiger partial charge in [-0.25, -0.2) is 9.18 Å². The highest BCUT2D eigenvalue weighted by Gasteiger charge is 2.38. The molecule has 1 saturated heterocycles. The zero-order chi connectivity index (χ0) is 18.1. The van der Waals surface area contributed by atoms with E-state index < -0.39 is 23.1 Å². The summed E-state index contributed by atoms with van der Waals surface area (Å²) < 4.78 is 18.8. The smallest absolute Gasteiger partial charge is 0.408 e. The van der Waals surface area contributed by atoms with E-state index in [0.717, 1.165) is 0 Å². The Balaban J connectivity index is 2.05. The molecule has 24 heavy (non-hydrogen) atoms. The molecule has 1 unspecified atom stereocenters. The van der Waals surface area contributed by atoms with Crippen LogP contribution >= 0.6 is 0 Å². The standard InChI is InChI=1S/C17H24FN3O3/c1-16(2,3)24-15(23)20-17(4)7-8-21(14(22)10-17)11-5-6-13(19)12(18)9-11/h5-6,9H,7-8,10,19H2,1-4H3,(H,20,23). The fourth-order valence-corrected chi connectivity index (χ4v) is 2.61. The quantitative estimate of drug-likeness (QED) is 0.813. The second-order valence-electron chi connectivity index (χ2n) is 7.37. The van der Waals surface area contributed by atoms with E-state index in [-0.39, 0.29) is 18.0 Å². The lowest BCUT2D eigenvalue weighted by molar-refractivity contribution is -0.121. The van der Waals surface area contributed by atoms with Gasteiger partial charge in [0, 0.05) is 12.2 Å². The van der Waals surface area contributed by atoms with Gasteiger partial charge in [-0.2, -0.15) is 0 Å². The third-order valence-corrected chi connectivity index (χ3v) is 3.83. The summed E-state index contributed by atoms with van der Waals surface area (Å²) in [7, 11) is 0. The van der Waals surface area contributed by atoms with Crippen molar-refractivity contribution in [1.82, 2.24) is 5.32 Å². The van der Waals surface area contributed by atoms with Crippen LogP contribution in [0.5, 0.6) is 0 Å². The zero-order valence-electron chi connectivity index (χ0n) is 14.5. The van der Waals surface area contributed by atoms with Crippen LogP contribution < -0.4 is 16.0 Å². The first kappa shape index (κ1) is 18.0. The number of benzene rings is 1. The molecule has 1 fully saturated rings. The number of alkyl carbamates (subject to hydrolysis) is 1. The van der Waals surface area contributed by atoms with Gasteiger partial charge in [-0.3, -0.25) is 4.79 Å². The van der Waals surface area contributed by atoms with Crippen molar-refractivity contribution in [3.05, 3.63) is 24.0 Å². The Morgan fingerprint density at radius 2 is 2.08 bits per heavy atom. The van der Waals surface area contributed by atoms with Crippen molar-refractivity contribution in [2.45, 2.75) is 51.7 Å². The topological polar surface area (TPSA) is 84.7 Å². The van der Waals surface area contributed by atoms with E-state index in [9.17, 15) is 14.0 Å². The van der Waals surface area contributed by atoms with E-state index in [0.29, 0.717) is 18.7 Å². The average Bonchev–Trinajstić information content (AvgIpc) is 2.39. The first-order chi connectivity index (χ1) is 11.0. The molecule has 1 heterocycles. The number of ether oxygens (including phenoxy) is 1. The lowest BCUT2D eigenvalue weighted by Crippen LogP contribution is -2.56. The number of nitrogens with one attached hydrogen (secondary N) is 1. The first-order valence-corrected chi connectivity index (χ1v) is 7.86. The normalized spacial score (nSPS) is 21.5. The summed E-state index contributed by atoms with van der Waals surface area (Å²) in [5.41, 5.74) is 4.67. The molecule has 1 aromatic carbocycles. The van der Waals surface area contributed by atoms with Crippen LogP contribution in [0.4, 0.5) is 20.6 Å². The molecular weight excluding hydrogens is 313 g/mol. The van der Waals surface area contributed by atoms with E-state index in [1.54, 1.807) is 33.8 Å². The number of rotatable bonds is 2. The Morgan fingerprint density at radius 1 is 1.42 bits per heavy atom. The van der Waals surface area contributed by atoms with Crippen LogP contribution in [-0.2, 0) is 9.53 Å². The van der Waals surface area contributed by atoms with Crippen molar-refractivity contribution < 1.29 is 18.7 Å². The minimum atomic E-state index is -0.692. The molecule has 0 aliphatic carbocycles. The van der Waals surface area contributed by atoms with E-state index in [1.165, 1.54) is 17.0 Å². The summed E-state index contributed by atoms with van der Waals surface area (Å²) in [4.78, 5) is 25.9. The summed E-state index contributed by atoms with van der Waals surface area (Å²) in [6.45, 7) is 7.50. The van der Waals surface area contributed by atoms with Crippen LogP contribution in [0.15, 0.2) is 18.2 Å². The van der Waals surface area contributed by atoms with Gasteiger partial charge in [0.1, 0.15) is 11.4 Å². The molecule has 7 heteroatoms. The molecule has 1 aliphatic rings. The summed E-state index contributed by atoms with van der Waals surface area (Å²) in [6.07, 6.45) is 0.0900. The van der Waals surface area contributed by atoms with Gasteiger partial charge in [-0.1, -0.05) is 0 Å². The van der Waals surface area contributed by atoms with Crippen LogP contribution in [0.25, 0.3) is 0 Å². The van der Waals surface area contributed by atoms with Gasteiger partial charge >= 0.3 is 6.09 Å². The predicted octanol–water partition coefficient (Wildman–Crippen LogP) is 2.82. The highest BCUT2D eigenvalue weighted by Crippen LogP contribution is 2.29. The molecule has 1 aromatic rings. The minimum Gasteiger partial charge on any atom is -0.444 e. The maximum absolute atomic E-state index is 13.6. The maximum Gasteiger partial charge on any atom is 0.408 e. The Hall–Kier alpha value is -2.31. The monoisotopic (exact) mass is 337 g/mol. The van der Waals surface area contributed by atoms with E-state index >= 15 is 0 Å². The Bertz CT molecular complexity index is 657.